The van der Waals surface area contributed by atoms with E-state index in [-0.39, 0.29) is 0 Å². The Labute approximate surface area is 106 Å². The molecule has 0 N–H and O–H groups in total. The van der Waals surface area contributed by atoms with Crippen LogP contribution < -0.4 is 0 Å². The quantitative estimate of drug-likeness (QED) is 0.521. The molecule has 0 unspecified atom stereocenters. The highest BCUT2D eigenvalue weighted by Crippen LogP contribution is 2.33. The van der Waals surface area contributed by atoms with Crippen LogP contribution in [0.5, 0.6) is 0 Å². The first kappa shape index (κ1) is 9.73. The minimum Gasteiger partial charge on any atom is -0.337 e. The van der Waals surface area contributed by atoms with E-state index in [1.807, 2.05) is 30.5 Å². The fourth-order valence-corrected chi connectivity index (χ4v) is 2.82. The van der Waals surface area contributed by atoms with Crippen molar-refractivity contribution in [1.82, 2.24) is 14.7 Å². The second-order valence-corrected chi connectivity index (χ2v) is 4.80. The second kappa shape index (κ2) is 3.61. The maximum Gasteiger partial charge on any atom is 0.188 e. The van der Waals surface area contributed by atoms with Crippen LogP contribution in [0.3, 0.4) is 0 Å². The minimum absolute atomic E-state index is 0.702. The van der Waals surface area contributed by atoms with Gasteiger partial charge in [0.25, 0.3) is 0 Å². The lowest BCUT2D eigenvalue weighted by atomic mass is 10.0. The van der Waals surface area contributed by atoms with Crippen molar-refractivity contribution in [2.75, 3.05) is 0 Å². The molecule has 0 atom stereocenters. The van der Waals surface area contributed by atoms with Gasteiger partial charge in [0, 0.05) is 22.4 Å². The molecule has 86 valence electrons. The zero-order valence-corrected chi connectivity index (χ0v) is 10.0. The summed E-state index contributed by atoms with van der Waals surface area (Å²) in [5.41, 5.74) is 3.63. The molecule has 2 aromatic carbocycles. The zero-order chi connectivity index (χ0) is 11.9. The predicted octanol–water partition coefficient (Wildman–Crippen LogP) is 3.50. The van der Waals surface area contributed by atoms with Crippen molar-refractivity contribution in [3.05, 3.63) is 42.6 Å². The van der Waals surface area contributed by atoms with E-state index in [9.17, 15) is 0 Å². The number of benzene rings is 2. The minimum atomic E-state index is 0.702. The molecule has 0 amide bonds. The summed E-state index contributed by atoms with van der Waals surface area (Å²) in [6.07, 6.45) is 1.89. The van der Waals surface area contributed by atoms with Gasteiger partial charge in [-0.15, -0.1) is 5.10 Å². The Bertz CT molecular complexity index is 777. The number of hydrogen-bond donors (Lipinski definition) is 0. The predicted molar refractivity (Wildman–Crippen MR) is 70.4 cm³/mol. The standard InChI is InChI=1S/C13H7N3OS/c1-4-9(13-11(5-1)17-16-15-13)8-3-2-6-12-10(8)7-14-18-12/h1-7H. The van der Waals surface area contributed by atoms with Gasteiger partial charge in [-0.3, -0.25) is 0 Å². The van der Waals surface area contributed by atoms with Crippen LogP contribution in [0.25, 0.3) is 32.3 Å². The van der Waals surface area contributed by atoms with Gasteiger partial charge < -0.3 is 4.52 Å². The highest BCUT2D eigenvalue weighted by Gasteiger charge is 2.11. The summed E-state index contributed by atoms with van der Waals surface area (Å²) in [4.78, 5) is 0. The monoisotopic (exact) mass is 253 g/mol. The number of hydrogen-bond acceptors (Lipinski definition) is 5. The largest absolute Gasteiger partial charge is 0.337 e. The summed E-state index contributed by atoms with van der Waals surface area (Å²) in [6, 6.07) is 12.0. The molecule has 4 rings (SSSR count). The van der Waals surface area contributed by atoms with E-state index in [4.69, 9.17) is 4.52 Å². The highest BCUT2D eigenvalue weighted by atomic mass is 32.1. The first-order valence-corrected chi connectivity index (χ1v) is 6.26. The summed E-state index contributed by atoms with van der Waals surface area (Å²) in [5, 5.41) is 8.81. The fraction of sp³-hybridized carbons (Fsp3) is 0. The molecule has 4 nitrogen and oxygen atoms in total. The van der Waals surface area contributed by atoms with Crippen molar-refractivity contribution < 1.29 is 4.52 Å². The van der Waals surface area contributed by atoms with Crippen LogP contribution in [-0.4, -0.2) is 14.7 Å². The van der Waals surface area contributed by atoms with Crippen molar-refractivity contribution in [1.29, 1.82) is 0 Å². The molecule has 0 aliphatic rings. The van der Waals surface area contributed by atoms with Gasteiger partial charge in [-0.25, -0.2) is 0 Å². The van der Waals surface area contributed by atoms with Gasteiger partial charge in [-0.1, -0.05) is 24.3 Å². The van der Waals surface area contributed by atoms with E-state index in [0.29, 0.717) is 5.58 Å². The normalized spacial score (nSPS) is 11.3. The summed E-state index contributed by atoms with van der Waals surface area (Å²) in [6.45, 7) is 0. The number of nitrogens with zero attached hydrogens (tertiary/aromatic N) is 3. The van der Waals surface area contributed by atoms with Gasteiger partial charge in [0.1, 0.15) is 5.52 Å². The number of rotatable bonds is 1. The zero-order valence-electron chi connectivity index (χ0n) is 9.20. The van der Waals surface area contributed by atoms with Gasteiger partial charge >= 0.3 is 0 Å². The Morgan fingerprint density at radius 1 is 1.00 bits per heavy atom. The maximum atomic E-state index is 5.10. The third-order valence-electron chi connectivity index (χ3n) is 2.97. The Morgan fingerprint density at radius 3 is 2.89 bits per heavy atom. The fourth-order valence-electron chi connectivity index (χ4n) is 2.15. The molecular weight excluding hydrogens is 246 g/mol. The highest BCUT2D eigenvalue weighted by molar-refractivity contribution is 7.13. The van der Waals surface area contributed by atoms with Crippen LogP contribution in [-0.2, 0) is 0 Å². The molecule has 18 heavy (non-hydrogen) atoms. The van der Waals surface area contributed by atoms with Crippen LogP contribution in [0, 0.1) is 0 Å². The number of fused-ring (bicyclic) bond motifs is 2. The lowest BCUT2D eigenvalue weighted by Gasteiger charge is -2.02. The lowest BCUT2D eigenvalue weighted by Crippen LogP contribution is -1.81. The molecule has 5 heteroatoms. The second-order valence-electron chi connectivity index (χ2n) is 3.97. The molecule has 0 saturated heterocycles. The molecule has 0 aliphatic carbocycles. The third kappa shape index (κ3) is 1.28. The van der Waals surface area contributed by atoms with E-state index in [1.165, 1.54) is 16.2 Å². The van der Waals surface area contributed by atoms with Crippen LogP contribution in [0.15, 0.2) is 47.1 Å². The topological polar surface area (TPSA) is 51.8 Å². The average Bonchev–Trinajstić information content (AvgIpc) is 3.06. The Morgan fingerprint density at radius 2 is 1.89 bits per heavy atom. The third-order valence-corrected chi connectivity index (χ3v) is 3.73. The lowest BCUT2D eigenvalue weighted by molar-refractivity contribution is 0.424. The van der Waals surface area contributed by atoms with Crippen molar-refractivity contribution >= 4 is 32.7 Å². The van der Waals surface area contributed by atoms with Crippen molar-refractivity contribution in [3.63, 3.8) is 0 Å². The Hall–Kier alpha value is -2.27. The SMILES string of the molecule is c1cc(-c2cccc3sncc23)c2nnoc2c1. The summed E-state index contributed by atoms with van der Waals surface area (Å²) >= 11 is 1.49. The van der Waals surface area contributed by atoms with Gasteiger partial charge in [0.2, 0.25) is 0 Å². The molecule has 0 spiro atoms. The molecule has 0 fully saturated rings. The molecule has 2 heterocycles. The summed E-state index contributed by atoms with van der Waals surface area (Å²) in [5.74, 6) is 0. The number of aromatic nitrogens is 3. The van der Waals surface area contributed by atoms with Crippen molar-refractivity contribution in [3.8, 4) is 11.1 Å². The van der Waals surface area contributed by atoms with Crippen molar-refractivity contribution in [2.45, 2.75) is 0 Å². The molecule has 0 saturated carbocycles. The van der Waals surface area contributed by atoms with Crippen LogP contribution >= 0.6 is 11.5 Å². The van der Waals surface area contributed by atoms with Crippen molar-refractivity contribution in [2.24, 2.45) is 0 Å². The van der Waals surface area contributed by atoms with Crippen LogP contribution in [0.2, 0.25) is 0 Å². The first-order valence-electron chi connectivity index (χ1n) is 5.48. The Kier molecular flexibility index (Phi) is 1.95. The first-order chi connectivity index (χ1) is 8.93. The van der Waals surface area contributed by atoms with Gasteiger partial charge in [0.05, 0.1) is 4.70 Å². The van der Waals surface area contributed by atoms with Gasteiger partial charge in [0.15, 0.2) is 5.58 Å². The van der Waals surface area contributed by atoms with Crippen LogP contribution in [0.1, 0.15) is 0 Å². The smallest absolute Gasteiger partial charge is 0.188 e. The maximum absolute atomic E-state index is 5.10. The molecule has 0 aliphatic heterocycles. The van der Waals surface area contributed by atoms with E-state index in [2.05, 4.69) is 26.9 Å². The van der Waals surface area contributed by atoms with E-state index in [1.54, 1.807) is 0 Å². The average molecular weight is 253 g/mol. The van der Waals surface area contributed by atoms with E-state index < -0.39 is 0 Å². The summed E-state index contributed by atoms with van der Waals surface area (Å²) in [7, 11) is 0. The van der Waals surface area contributed by atoms with Gasteiger partial charge in [-0.2, -0.15) is 4.37 Å². The summed E-state index contributed by atoms with van der Waals surface area (Å²) < 4.78 is 10.5. The molecule has 0 radical (unpaired) electrons. The Balaban J connectivity index is 2.13. The van der Waals surface area contributed by atoms with E-state index >= 15 is 0 Å². The van der Waals surface area contributed by atoms with Gasteiger partial charge in [-0.05, 0) is 29.2 Å². The van der Waals surface area contributed by atoms with Crippen LogP contribution in [0.4, 0.5) is 0 Å². The molecule has 0 bridgehead atoms. The van der Waals surface area contributed by atoms with E-state index in [0.717, 1.165) is 22.0 Å². The molecule has 4 aromatic rings. The molecule has 2 aromatic heterocycles. The molecular formula is C13H7N3OS.